The van der Waals surface area contributed by atoms with Crippen molar-refractivity contribution >= 4 is 17.8 Å². The van der Waals surface area contributed by atoms with Crippen LogP contribution in [0.3, 0.4) is 0 Å². The first-order valence-corrected chi connectivity index (χ1v) is 9.04. The summed E-state index contributed by atoms with van der Waals surface area (Å²) in [7, 11) is 0. The monoisotopic (exact) mass is 359 g/mol. The summed E-state index contributed by atoms with van der Waals surface area (Å²) in [6, 6.07) is 6.31. The number of likely N-dealkylation sites (tertiary alicyclic amines) is 1. The molecule has 2 aliphatic heterocycles. The molecule has 140 valence electrons. The number of urea groups is 1. The van der Waals surface area contributed by atoms with Crippen LogP contribution in [-0.2, 0) is 10.3 Å². The highest BCUT2D eigenvalue weighted by Crippen LogP contribution is 2.26. The minimum Gasteiger partial charge on any atom is -0.393 e. The van der Waals surface area contributed by atoms with E-state index in [1.54, 1.807) is 38.1 Å². The lowest BCUT2D eigenvalue weighted by Crippen LogP contribution is -2.45. The lowest BCUT2D eigenvalue weighted by atomic mass is 9.91. The number of nitrogens with one attached hydrogen (secondary N) is 2. The first kappa shape index (κ1) is 18.4. The molecule has 2 heterocycles. The summed E-state index contributed by atoms with van der Waals surface area (Å²) in [6.45, 7) is 4.06. The van der Waals surface area contributed by atoms with Gasteiger partial charge in [-0.3, -0.25) is 14.9 Å². The standard InChI is InChI=1S/C19H25N3O4/c1-12(23)11-15-5-3-4-10-22(15)16(24)13-6-8-14(9-7-13)19(2)17(25)20-18(26)21-19/h6-9,12,15,23H,3-5,10-11H2,1-2H3,(H2,20,21,25,26). The molecule has 0 aliphatic carbocycles. The van der Waals surface area contributed by atoms with Crippen LogP contribution in [0.5, 0.6) is 0 Å². The quantitative estimate of drug-likeness (QED) is 0.710. The Hall–Kier alpha value is -2.41. The smallest absolute Gasteiger partial charge is 0.322 e. The third-order valence-corrected chi connectivity index (χ3v) is 5.26. The lowest BCUT2D eigenvalue weighted by Gasteiger charge is -2.36. The Labute approximate surface area is 152 Å². The van der Waals surface area contributed by atoms with Crippen LogP contribution < -0.4 is 10.6 Å². The third-order valence-electron chi connectivity index (χ3n) is 5.26. The van der Waals surface area contributed by atoms with Gasteiger partial charge in [0.15, 0.2) is 0 Å². The van der Waals surface area contributed by atoms with Gasteiger partial charge < -0.3 is 15.3 Å². The second-order valence-corrected chi connectivity index (χ2v) is 7.34. The molecule has 1 aromatic rings. The van der Waals surface area contributed by atoms with Crippen molar-refractivity contribution in [1.29, 1.82) is 0 Å². The van der Waals surface area contributed by atoms with Gasteiger partial charge in [-0.15, -0.1) is 0 Å². The van der Waals surface area contributed by atoms with E-state index < -0.39 is 23.6 Å². The van der Waals surface area contributed by atoms with Gasteiger partial charge in [0, 0.05) is 18.2 Å². The van der Waals surface area contributed by atoms with Gasteiger partial charge in [-0.05, 0) is 57.2 Å². The molecule has 3 atom stereocenters. The number of imide groups is 1. The molecule has 4 amide bonds. The van der Waals surface area contributed by atoms with E-state index in [-0.39, 0.29) is 11.9 Å². The topological polar surface area (TPSA) is 98.7 Å². The van der Waals surface area contributed by atoms with Gasteiger partial charge in [0.2, 0.25) is 0 Å². The van der Waals surface area contributed by atoms with Crippen molar-refractivity contribution in [3.05, 3.63) is 35.4 Å². The van der Waals surface area contributed by atoms with Crippen LogP contribution >= 0.6 is 0 Å². The zero-order valence-electron chi connectivity index (χ0n) is 15.1. The Balaban J connectivity index is 1.78. The molecular weight excluding hydrogens is 334 g/mol. The average Bonchev–Trinajstić information content (AvgIpc) is 2.87. The van der Waals surface area contributed by atoms with Crippen LogP contribution in [0.1, 0.15) is 55.5 Å². The van der Waals surface area contributed by atoms with E-state index in [1.165, 1.54) is 0 Å². The van der Waals surface area contributed by atoms with Crippen LogP contribution in [0.25, 0.3) is 0 Å². The van der Waals surface area contributed by atoms with E-state index in [1.807, 2.05) is 4.90 Å². The molecule has 7 nitrogen and oxygen atoms in total. The Bertz CT molecular complexity index is 716. The van der Waals surface area contributed by atoms with Crippen LogP contribution in [-0.4, -0.2) is 46.5 Å². The van der Waals surface area contributed by atoms with E-state index in [0.717, 1.165) is 19.3 Å². The zero-order valence-corrected chi connectivity index (χ0v) is 15.1. The van der Waals surface area contributed by atoms with Crippen LogP contribution in [0.15, 0.2) is 24.3 Å². The molecule has 1 aromatic carbocycles. The van der Waals surface area contributed by atoms with Gasteiger partial charge in [-0.1, -0.05) is 12.1 Å². The van der Waals surface area contributed by atoms with Crippen molar-refractivity contribution < 1.29 is 19.5 Å². The minimum atomic E-state index is -1.13. The maximum Gasteiger partial charge on any atom is 0.322 e. The molecule has 7 heteroatoms. The molecule has 3 unspecified atom stereocenters. The number of benzene rings is 1. The van der Waals surface area contributed by atoms with Gasteiger partial charge in [0.1, 0.15) is 5.54 Å². The van der Waals surface area contributed by atoms with Crippen LogP contribution in [0.2, 0.25) is 0 Å². The molecule has 0 aromatic heterocycles. The number of hydrogen-bond acceptors (Lipinski definition) is 4. The molecule has 0 radical (unpaired) electrons. The van der Waals surface area contributed by atoms with Crippen LogP contribution in [0, 0.1) is 0 Å². The fraction of sp³-hybridized carbons (Fsp3) is 0.526. The number of carbonyl (C=O) groups is 3. The third kappa shape index (κ3) is 3.44. The maximum absolute atomic E-state index is 12.9. The number of rotatable bonds is 4. The molecule has 26 heavy (non-hydrogen) atoms. The van der Waals surface area contributed by atoms with Crippen LogP contribution in [0.4, 0.5) is 4.79 Å². The van der Waals surface area contributed by atoms with Crippen molar-refractivity contribution in [1.82, 2.24) is 15.5 Å². The second kappa shape index (κ2) is 7.07. The molecule has 3 rings (SSSR count). The summed E-state index contributed by atoms with van der Waals surface area (Å²) >= 11 is 0. The predicted molar refractivity (Wildman–Crippen MR) is 95.4 cm³/mol. The van der Waals surface area contributed by atoms with Crippen molar-refractivity contribution in [3.8, 4) is 0 Å². The van der Waals surface area contributed by atoms with Gasteiger partial charge in [0.25, 0.3) is 11.8 Å². The van der Waals surface area contributed by atoms with Crippen molar-refractivity contribution in [2.45, 2.75) is 57.2 Å². The molecule has 2 saturated heterocycles. The molecule has 0 saturated carbocycles. The largest absolute Gasteiger partial charge is 0.393 e. The first-order chi connectivity index (χ1) is 12.3. The number of amides is 4. The van der Waals surface area contributed by atoms with E-state index in [9.17, 15) is 19.5 Å². The number of carbonyl (C=O) groups excluding carboxylic acids is 3. The number of hydrogen-bond donors (Lipinski definition) is 3. The summed E-state index contributed by atoms with van der Waals surface area (Å²) < 4.78 is 0. The first-order valence-electron chi connectivity index (χ1n) is 9.04. The Morgan fingerprint density at radius 3 is 2.58 bits per heavy atom. The van der Waals surface area contributed by atoms with Gasteiger partial charge in [0.05, 0.1) is 6.10 Å². The maximum atomic E-state index is 12.9. The van der Waals surface area contributed by atoms with Crippen molar-refractivity contribution in [2.24, 2.45) is 0 Å². The Morgan fingerprint density at radius 2 is 2.00 bits per heavy atom. The highest BCUT2D eigenvalue weighted by Gasteiger charge is 2.43. The molecule has 2 aliphatic rings. The summed E-state index contributed by atoms with van der Waals surface area (Å²) in [5.74, 6) is -0.471. The number of aliphatic hydroxyl groups is 1. The summed E-state index contributed by atoms with van der Waals surface area (Å²) in [6.07, 6.45) is 3.06. The molecule has 0 spiro atoms. The van der Waals surface area contributed by atoms with E-state index in [0.29, 0.717) is 24.1 Å². The SMILES string of the molecule is CC(O)CC1CCCCN1C(=O)c1ccc(C2(C)NC(=O)NC2=O)cc1. The highest BCUT2D eigenvalue weighted by molar-refractivity contribution is 6.07. The predicted octanol–water partition coefficient (Wildman–Crippen LogP) is 1.51. The highest BCUT2D eigenvalue weighted by atomic mass is 16.3. The van der Waals surface area contributed by atoms with Gasteiger partial charge in [-0.25, -0.2) is 4.79 Å². The van der Waals surface area contributed by atoms with Crippen molar-refractivity contribution in [3.63, 3.8) is 0 Å². The van der Waals surface area contributed by atoms with E-state index >= 15 is 0 Å². The average molecular weight is 359 g/mol. The fourth-order valence-electron chi connectivity index (χ4n) is 3.77. The fourth-order valence-corrected chi connectivity index (χ4v) is 3.77. The second-order valence-electron chi connectivity index (χ2n) is 7.34. The number of piperidine rings is 1. The Morgan fingerprint density at radius 1 is 1.31 bits per heavy atom. The normalized spacial score (nSPS) is 27.0. The number of nitrogens with zero attached hydrogens (tertiary/aromatic N) is 1. The Kier molecular flexibility index (Phi) is 5.00. The van der Waals surface area contributed by atoms with Gasteiger partial charge >= 0.3 is 6.03 Å². The van der Waals surface area contributed by atoms with Crippen molar-refractivity contribution in [2.75, 3.05) is 6.54 Å². The summed E-state index contributed by atoms with van der Waals surface area (Å²) in [5.41, 5.74) is 0.0368. The van der Waals surface area contributed by atoms with E-state index in [4.69, 9.17) is 0 Å². The molecule has 2 fully saturated rings. The minimum absolute atomic E-state index is 0.0494. The summed E-state index contributed by atoms with van der Waals surface area (Å²) in [5, 5.41) is 14.5. The van der Waals surface area contributed by atoms with Gasteiger partial charge in [-0.2, -0.15) is 0 Å². The molecule has 0 bridgehead atoms. The number of aliphatic hydroxyl groups excluding tert-OH is 1. The zero-order chi connectivity index (χ0) is 18.9. The van der Waals surface area contributed by atoms with E-state index in [2.05, 4.69) is 10.6 Å². The molecular formula is C19H25N3O4. The summed E-state index contributed by atoms with van der Waals surface area (Å²) in [4.78, 5) is 38.2. The molecule has 3 N–H and O–H groups in total. The lowest BCUT2D eigenvalue weighted by molar-refractivity contribution is -0.123.